The molecule has 2 aromatic heterocycles. The van der Waals surface area contributed by atoms with Crippen LogP contribution in [0.5, 0.6) is 0 Å². The second-order valence-electron chi connectivity index (χ2n) is 6.75. The Kier molecular flexibility index (Phi) is 3.95. The topological polar surface area (TPSA) is 119 Å². The first kappa shape index (κ1) is 16.3. The molecule has 8 nitrogen and oxygen atoms in total. The van der Waals surface area contributed by atoms with Gasteiger partial charge in [-0.3, -0.25) is 14.7 Å². The second-order valence-corrected chi connectivity index (χ2v) is 6.75. The number of aromatic amines is 1. The molecule has 1 aromatic carbocycles. The van der Waals surface area contributed by atoms with E-state index in [0.717, 1.165) is 29.6 Å². The summed E-state index contributed by atoms with van der Waals surface area (Å²) in [7, 11) is 0. The molecule has 1 fully saturated rings. The van der Waals surface area contributed by atoms with Gasteiger partial charge in [0.25, 0.3) is 5.91 Å². The molecule has 0 radical (unpaired) electrons. The number of aromatic nitrogens is 4. The minimum absolute atomic E-state index is 0.247. The highest BCUT2D eigenvalue weighted by Crippen LogP contribution is 2.29. The zero-order valence-electron chi connectivity index (χ0n) is 14.2. The maximum atomic E-state index is 12.5. The van der Waals surface area contributed by atoms with Gasteiger partial charge in [-0.15, -0.1) is 0 Å². The molecule has 2 amide bonds. The molecule has 0 unspecified atom stereocenters. The first-order valence-electron chi connectivity index (χ1n) is 8.64. The van der Waals surface area contributed by atoms with Gasteiger partial charge in [-0.05, 0) is 31.0 Å². The van der Waals surface area contributed by atoms with Crippen molar-refractivity contribution in [3.8, 4) is 0 Å². The van der Waals surface area contributed by atoms with Crippen LogP contribution in [0.2, 0.25) is 0 Å². The number of hydrogen-bond acceptors (Lipinski definition) is 4. The Morgan fingerprint density at radius 3 is 2.81 bits per heavy atom. The van der Waals surface area contributed by atoms with Crippen LogP contribution in [-0.4, -0.2) is 37.1 Å². The van der Waals surface area contributed by atoms with E-state index in [0.29, 0.717) is 19.4 Å². The van der Waals surface area contributed by atoms with Gasteiger partial charge < -0.3 is 15.6 Å². The predicted octanol–water partition coefficient (Wildman–Crippen LogP) is 1.34. The summed E-state index contributed by atoms with van der Waals surface area (Å²) in [6.07, 6.45) is 4.66. The van der Waals surface area contributed by atoms with Crippen LogP contribution in [-0.2, 0) is 11.3 Å². The number of fused-ring (bicyclic) bond motifs is 1. The van der Waals surface area contributed by atoms with Gasteiger partial charge in [0.15, 0.2) is 0 Å². The van der Waals surface area contributed by atoms with E-state index in [1.165, 1.54) is 0 Å². The average Bonchev–Trinajstić information content (AvgIpc) is 3.36. The van der Waals surface area contributed by atoms with Gasteiger partial charge in [0.1, 0.15) is 11.2 Å². The number of hydrogen-bond donors (Lipinski definition) is 3. The number of carbonyl (C=O) groups is 2. The van der Waals surface area contributed by atoms with Crippen molar-refractivity contribution in [1.29, 1.82) is 0 Å². The minimum atomic E-state index is -0.948. The molecule has 0 bridgehead atoms. The number of nitrogens with two attached hydrogens (primary N) is 1. The number of amides is 2. The number of benzene rings is 1. The molecular weight excluding hydrogens is 332 g/mol. The van der Waals surface area contributed by atoms with Crippen LogP contribution in [0.1, 0.15) is 41.9 Å². The number of imidazole rings is 1. The highest BCUT2D eigenvalue weighted by atomic mass is 16.2. The Bertz CT molecular complexity index is 967. The standard InChI is InChI=1S/C18H20N6O2/c19-17(26)18(7-3-4-8-18)21-16(25)14-9-12(22-23-14)10-24-11-20-13-5-1-2-6-15(13)24/h1-2,5-6,9,11H,3-4,7-8,10H2,(H2,19,26)(H,21,25)(H,22,23). The summed E-state index contributed by atoms with van der Waals surface area (Å²) in [6.45, 7) is 0.516. The monoisotopic (exact) mass is 352 g/mol. The summed E-state index contributed by atoms with van der Waals surface area (Å²) in [5, 5.41) is 9.76. The average molecular weight is 352 g/mol. The summed E-state index contributed by atoms with van der Waals surface area (Å²) in [4.78, 5) is 28.7. The molecule has 134 valence electrons. The third-order valence-corrected chi connectivity index (χ3v) is 5.01. The summed E-state index contributed by atoms with van der Waals surface area (Å²) < 4.78 is 1.98. The molecule has 8 heteroatoms. The SMILES string of the molecule is NC(=O)C1(NC(=O)c2cc(Cn3cnc4ccccc43)[nH]n2)CCCC1. The maximum Gasteiger partial charge on any atom is 0.272 e. The molecule has 1 saturated carbocycles. The van der Waals surface area contributed by atoms with Gasteiger partial charge >= 0.3 is 0 Å². The van der Waals surface area contributed by atoms with Gasteiger partial charge in [-0.2, -0.15) is 5.10 Å². The van der Waals surface area contributed by atoms with E-state index < -0.39 is 11.4 Å². The number of nitrogens with zero attached hydrogens (tertiary/aromatic N) is 3. The molecule has 0 aliphatic heterocycles. The summed E-state index contributed by atoms with van der Waals surface area (Å²) in [6, 6.07) is 9.52. The molecule has 4 rings (SSSR count). The van der Waals surface area contributed by atoms with Crippen LogP contribution in [0.25, 0.3) is 11.0 Å². The van der Waals surface area contributed by atoms with E-state index in [1.807, 2.05) is 28.8 Å². The van der Waals surface area contributed by atoms with Gasteiger partial charge in [0.05, 0.1) is 29.6 Å². The van der Waals surface area contributed by atoms with Crippen molar-refractivity contribution in [2.75, 3.05) is 0 Å². The lowest BCUT2D eigenvalue weighted by Crippen LogP contribution is -2.55. The highest BCUT2D eigenvalue weighted by Gasteiger charge is 2.41. The van der Waals surface area contributed by atoms with Gasteiger partial charge in [0.2, 0.25) is 5.91 Å². The molecule has 0 atom stereocenters. The van der Waals surface area contributed by atoms with Crippen molar-refractivity contribution in [1.82, 2.24) is 25.1 Å². The van der Waals surface area contributed by atoms with Crippen molar-refractivity contribution in [2.45, 2.75) is 37.8 Å². The lowest BCUT2D eigenvalue weighted by Gasteiger charge is -2.25. The van der Waals surface area contributed by atoms with E-state index in [9.17, 15) is 9.59 Å². The van der Waals surface area contributed by atoms with E-state index in [2.05, 4.69) is 20.5 Å². The van der Waals surface area contributed by atoms with Crippen LogP contribution in [0.4, 0.5) is 0 Å². The third-order valence-electron chi connectivity index (χ3n) is 5.01. The lowest BCUT2D eigenvalue weighted by atomic mass is 9.96. The number of rotatable bonds is 5. The van der Waals surface area contributed by atoms with Crippen LogP contribution in [0.3, 0.4) is 0 Å². The molecule has 3 aromatic rings. The Balaban J connectivity index is 1.51. The smallest absolute Gasteiger partial charge is 0.272 e. The first-order chi connectivity index (χ1) is 12.6. The second kappa shape index (κ2) is 6.29. The van der Waals surface area contributed by atoms with E-state index in [1.54, 1.807) is 12.4 Å². The van der Waals surface area contributed by atoms with Crippen LogP contribution < -0.4 is 11.1 Å². The molecule has 1 aliphatic rings. The van der Waals surface area contributed by atoms with E-state index in [4.69, 9.17) is 5.73 Å². The van der Waals surface area contributed by atoms with Crippen molar-refractivity contribution in [3.63, 3.8) is 0 Å². The van der Waals surface area contributed by atoms with Crippen molar-refractivity contribution >= 4 is 22.8 Å². The Hall–Kier alpha value is -3.16. The van der Waals surface area contributed by atoms with Gasteiger partial charge in [-0.25, -0.2) is 4.98 Å². The van der Waals surface area contributed by atoms with Crippen molar-refractivity contribution < 1.29 is 9.59 Å². The third kappa shape index (κ3) is 2.83. The Morgan fingerprint density at radius 1 is 1.27 bits per heavy atom. The molecule has 2 heterocycles. The fourth-order valence-corrected chi connectivity index (χ4v) is 3.57. The van der Waals surface area contributed by atoms with Gasteiger partial charge in [0, 0.05) is 0 Å². The lowest BCUT2D eigenvalue weighted by molar-refractivity contribution is -0.123. The van der Waals surface area contributed by atoms with Crippen LogP contribution >= 0.6 is 0 Å². The zero-order chi connectivity index (χ0) is 18.1. The number of nitrogens with one attached hydrogen (secondary N) is 2. The zero-order valence-corrected chi connectivity index (χ0v) is 14.2. The van der Waals surface area contributed by atoms with Crippen molar-refractivity contribution in [2.24, 2.45) is 5.73 Å². The van der Waals surface area contributed by atoms with Crippen LogP contribution in [0, 0.1) is 0 Å². The predicted molar refractivity (Wildman–Crippen MR) is 95.3 cm³/mol. The molecule has 4 N–H and O–H groups in total. The molecule has 1 aliphatic carbocycles. The summed E-state index contributed by atoms with van der Waals surface area (Å²) in [5.41, 5.74) is 7.51. The number of para-hydroxylation sites is 2. The maximum absolute atomic E-state index is 12.5. The van der Waals surface area contributed by atoms with Crippen molar-refractivity contribution in [3.05, 3.63) is 48.0 Å². The Morgan fingerprint density at radius 2 is 2.04 bits per heavy atom. The fraction of sp³-hybridized carbons (Fsp3) is 0.333. The van der Waals surface area contributed by atoms with E-state index >= 15 is 0 Å². The molecule has 0 spiro atoms. The number of primary amides is 1. The molecule has 26 heavy (non-hydrogen) atoms. The number of H-pyrrole nitrogens is 1. The van der Waals surface area contributed by atoms with Crippen LogP contribution in [0.15, 0.2) is 36.7 Å². The minimum Gasteiger partial charge on any atom is -0.368 e. The molecule has 0 saturated heterocycles. The largest absolute Gasteiger partial charge is 0.368 e. The summed E-state index contributed by atoms with van der Waals surface area (Å²) in [5.74, 6) is -0.868. The molecular formula is C18H20N6O2. The highest BCUT2D eigenvalue weighted by molar-refractivity contribution is 5.97. The quantitative estimate of drug-likeness (QED) is 0.642. The summed E-state index contributed by atoms with van der Waals surface area (Å²) >= 11 is 0. The first-order valence-corrected chi connectivity index (χ1v) is 8.64. The van der Waals surface area contributed by atoms with E-state index in [-0.39, 0.29) is 11.6 Å². The normalized spacial score (nSPS) is 16.0. The fourth-order valence-electron chi connectivity index (χ4n) is 3.57. The number of carbonyl (C=O) groups excluding carboxylic acids is 2. The van der Waals surface area contributed by atoms with Gasteiger partial charge in [-0.1, -0.05) is 25.0 Å². The Labute approximate surface area is 149 Å².